The molecule has 0 aliphatic heterocycles. The summed E-state index contributed by atoms with van der Waals surface area (Å²) >= 11 is 0. The molecular formula is C13H14ClN3O2S. The number of nitrogens with zero attached hydrogens (tertiary/aromatic N) is 3. The van der Waals surface area contributed by atoms with Crippen molar-refractivity contribution >= 4 is 19.7 Å². The normalized spacial score (nSPS) is 15.6. The number of benzene rings is 1. The maximum Gasteiger partial charge on any atom is 0.296 e. The van der Waals surface area contributed by atoms with Crippen LogP contribution in [0.3, 0.4) is 0 Å². The van der Waals surface area contributed by atoms with E-state index in [0.717, 1.165) is 29.5 Å². The number of aromatic nitrogens is 3. The van der Waals surface area contributed by atoms with Gasteiger partial charge in [0.15, 0.2) is 5.82 Å². The molecule has 1 saturated carbocycles. The fourth-order valence-electron chi connectivity index (χ4n) is 2.27. The number of rotatable bonds is 3. The second kappa shape index (κ2) is 4.56. The van der Waals surface area contributed by atoms with Gasteiger partial charge in [-0.3, -0.25) is 4.57 Å². The minimum absolute atomic E-state index is 0.128. The predicted molar refractivity (Wildman–Crippen MR) is 76.2 cm³/mol. The van der Waals surface area contributed by atoms with Gasteiger partial charge in [-0.1, -0.05) is 17.7 Å². The summed E-state index contributed by atoms with van der Waals surface area (Å²) in [5.74, 6) is 0.577. The molecule has 0 saturated heterocycles. The summed E-state index contributed by atoms with van der Waals surface area (Å²) in [6.07, 6.45) is 1.85. The lowest BCUT2D eigenvalue weighted by Crippen LogP contribution is -2.06. The number of aryl methyl sites for hydroxylation is 2. The Morgan fingerprint density at radius 1 is 1.25 bits per heavy atom. The highest BCUT2D eigenvalue weighted by molar-refractivity contribution is 8.13. The molecule has 1 aromatic heterocycles. The lowest BCUT2D eigenvalue weighted by Gasteiger charge is -2.10. The highest BCUT2D eigenvalue weighted by atomic mass is 35.7. The first-order valence-electron chi connectivity index (χ1n) is 6.35. The Balaban J connectivity index is 2.25. The van der Waals surface area contributed by atoms with E-state index in [1.807, 2.05) is 32.0 Å². The molecule has 3 rings (SSSR count). The summed E-state index contributed by atoms with van der Waals surface area (Å²) in [7, 11) is 1.57. The third-order valence-corrected chi connectivity index (χ3v) is 4.56. The second-order valence-electron chi connectivity index (χ2n) is 5.16. The third kappa shape index (κ3) is 2.33. The van der Waals surface area contributed by atoms with Gasteiger partial charge in [-0.25, -0.2) is 8.42 Å². The molecule has 1 fully saturated rings. The van der Waals surface area contributed by atoms with Crippen molar-refractivity contribution in [2.24, 2.45) is 0 Å². The molecule has 1 aromatic carbocycles. The van der Waals surface area contributed by atoms with Crippen molar-refractivity contribution in [2.45, 2.75) is 37.9 Å². The van der Waals surface area contributed by atoms with Crippen LogP contribution < -0.4 is 0 Å². The molecule has 2 aromatic rings. The van der Waals surface area contributed by atoms with E-state index in [0.29, 0.717) is 5.82 Å². The molecule has 1 aliphatic rings. The SMILES string of the molecule is Cc1ccc(C)c(-c2nnc(S(=O)(=O)Cl)n2C2CC2)c1. The largest absolute Gasteiger partial charge is 0.296 e. The van der Waals surface area contributed by atoms with Gasteiger partial charge < -0.3 is 0 Å². The summed E-state index contributed by atoms with van der Waals surface area (Å²) in [6.45, 7) is 3.95. The molecule has 7 heteroatoms. The van der Waals surface area contributed by atoms with Gasteiger partial charge >= 0.3 is 0 Å². The van der Waals surface area contributed by atoms with Gasteiger partial charge in [0, 0.05) is 22.3 Å². The Hall–Kier alpha value is -1.40. The predicted octanol–water partition coefficient (Wildman–Crippen LogP) is 2.82. The molecule has 0 N–H and O–H groups in total. The van der Waals surface area contributed by atoms with Gasteiger partial charge in [0.05, 0.1) is 0 Å². The summed E-state index contributed by atoms with van der Waals surface area (Å²) in [5, 5.41) is 7.70. The van der Waals surface area contributed by atoms with Crippen LogP contribution in [-0.4, -0.2) is 23.2 Å². The number of hydrogen-bond acceptors (Lipinski definition) is 4. The van der Waals surface area contributed by atoms with Crippen LogP contribution in [0.5, 0.6) is 0 Å². The van der Waals surface area contributed by atoms with E-state index in [1.165, 1.54) is 0 Å². The Labute approximate surface area is 122 Å². The molecule has 0 amide bonds. The lowest BCUT2D eigenvalue weighted by molar-refractivity contribution is 0.579. The Morgan fingerprint density at radius 2 is 1.95 bits per heavy atom. The zero-order valence-corrected chi connectivity index (χ0v) is 12.7. The summed E-state index contributed by atoms with van der Waals surface area (Å²) in [6, 6.07) is 6.12. The van der Waals surface area contributed by atoms with Crippen molar-refractivity contribution in [3.63, 3.8) is 0 Å². The van der Waals surface area contributed by atoms with Crippen molar-refractivity contribution in [3.8, 4) is 11.4 Å². The van der Waals surface area contributed by atoms with Crippen molar-refractivity contribution in [1.82, 2.24) is 14.8 Å². The molecule has 0 radical (unpaired) electrons. The highest BCUT2D eigenvalue weighted by Crippen LogP contribution is 2.41. The summed E-state index contributed by atoms with van der Waals surface area (Å²) in [5.41, 5.74) is 3.02. The van der Waals surface area contributed by atoms with Gasteiger partial charge in [-0.15, -0.1) is 10.2 Å². The molecule has 1 aliphatic carbocycles. The Morgan fingerprint density at radius 3 is 2.55 bits per heavy atom. The fourth-order valence-corrected chi connectivity index (χ4v) is 3.19. The molecular weight excluding hydrogens is 298 g/mol. The maximum atomic E-state index is 11.6. The van der Waals surface area contributed by atoms with Crippen molar-refractivity contribution in [1.29, 1.82) is 0 Å². The topological polar surface area (TPSA) is 64.8 Å². The van der Waals surface area contributed by atoms with Crippen LogP contribution in [0.1, 0.15) is 30.0 Å². The van der Waals surface area contributed by atoms with Gasteiger partial charge in [0.25, 0.3) is 14.2 Å². The molecule has 0 spiro atoms. The quantitative estimate of drug-likeness (QED) is 0.818. The van der Waals surface area contributed by atoms with Crippen molar-refractivity contribution < 1.29 is 8.42 Å². The molecule has 106 valence electrons. The second-order valence-corrected chi connectivity index (χ2v) is 7.62. The average molecular weight is 312 g/mol. The Kier molecular flexibility index (Phi) is 3.10. The minimum atomic E-state index is -3.89. The van der Waals surface area contributed by atoms with Crippen LogP contribution in [0, 0.1) is 13.8 Å². The maximum absolute atomic E-state index is 11.6. The summed E-state index contributed by atoms with van der Waals surface area (Å²) in [4.78, 5) is 0. The van der Waals surface area contributed by atoms with Crippen LogP contribution in [0.2, 0.25) is 0 Å². The molecule has 0 unspecified atom stereocenters. The van der Waals surface area contributed by atoms with E-state index >= 15 is 0 Å². The van der Waals surface area contributed by atoms with Crippen LogP contribution in [0.15, 0.2) is 23.4 Å². The zero-order valence-electron chi connectivity index (χ0n) is 11.2. The average Bonchev–Trinajstić information content (AvgIpc) is 3.09. The van der Waals surface area contributed by atoms with Crippen molar-refractivity contribution in [3.05, 3.63) is 29.3 Å². The third-order valence-electron chi connectivity index (χ3n) is 3.43. The summed E-state index contributed by atoms with van der Waals surface area (Å²) < 4.78 is 24.9. The van der Waals surface area contributed by atoms with E-state index in [2.05, 4.69) is 10.2 Å². The standard InChI is InChI=1S/C13H14ClN3O2S/c1-8-3-4-9(2)11(7-8)12-15-16-13(20(14,18)19)17(12)10-5-6-10/h3-4,7,10H,5-6H2,1-2H3. The van der Waals surface area contributed by atoms with E-state index in [4.69, 9.17) is 10.7 Å². The first kappa shape index (κ1) is 13.6. The van der Waals surface area contributed by atoms with Crippen LogP contribution >= 0.6 is 10.7 Å². The van der Waals surface area contributed by atoms with Gasteiger partial charge in [-0.2, -0.15) is 0 Å². The number of hydrogen-bond donors (Lipinski definition) is 0. The van der Waals surface area contributed by atoms with E-state index < -0.39 is 9.05 Å². The van der Waals surface area contributed by atoms with E-state index in [9.17, 15) is 8.42 Å². The molecule has 0 bridgehead atoms. The smallest absolute Gasteiger partial charge is 0.294 e. The Bertz CT molecular complexity index is 779. The lowest BCUT2D eigenvalue weighted by atomic mass is 10.1. The van der Waals surface area contributed by atoms with E-state index in [1.54, 1.807) is 4.57 Å². The molecule has 0 atom stereocenters. The first-order chi connectivity index (χ1) is 9.38. The first-order valence-corrected chi connectivity index (χ1v) is 8.66. The van der Waals surface area contributed by atoms with Crippen LogP contribution in [0.4, 0.5) is 0 Å². The molecule has 1 heterocycles. The monoisotopic (exact) mass is 311 g/mol. The molecule has 20 heavy (non-hydrogen) atoms. The number of halogens is 1. The zero-order chi connectivity index (χ0) is 14.5. The van der Waals surface area contributed by atoms with Crippen molar-refractivity contribution in [2.75, 3.05) is 0 Å². The van der Waals surface area contributed by atoms with Gasteiger partial charge in [0.2, 0.25) is 0 Å². The highest BCUT2D eigenvalue weighted by Gasteiger charge is 2.34. The van der Waals surface area contributed by atoms with Gasteiger partial charge in [0.1, 0.15) is 0 Å². The van der Waals surface area contributed by atoms with Crippen LogP contribution in [0.25, 0.3) is 11.4 Å². The minimum Gasteiger partial charge on any atom is -0.294 e. The van der Waals surface area contributed by atoms with E-state index in [-0.39, 0.29) is 11.2 Å². The molecule has 5 nitrogen and oxygen atoms in total. The van der Waals surface area contributed by atoms with Crippen LogP contribution in [-0.2, 0) is 9.05 Å². The van der Waals surface area contributed by atoms with Gasteiger partial charge in [-0.05, 0) is 38.3 Å². The fraction of sp³-hybridized carbons (Fsp3) is 0.385.